The number of aryl methyl sites for hydroxylation is 1. The van der Waals surface area contributed by atoms with Gasteiger partial charge in [-0.05, 0) is 49.1 Å². The summed E-state index contributed by atoms with van der Waals surface area (Å²) in [5.41, 5.74) is 1.40. The predicted molar refractivity (Wildman–Crippen MR) is 87.0 cm³/mol. The topological polar surface area (TPSA) is 66.4 Å². The van der Waals surface area contributed by atoms with Crippen LogP contribution >= 0.6 is 11.8 Å². The highest BCUT2D eigenvalue weighted by molar-refractivity contribution is 8.01. The minimum atomic E-state index is -3.54. The van der Waals surface area contributed by atoms with Gasteiger partial charge in [-0.1, -0.05) is 19.1 Å². The molecule has 21 heavy (non-hydrogen) atoms. The molecule has 0 bridgehead atoms. The van der Waals surface area contributed by atoms with Gasteiger partial charge in [0.2, 0.25) is 10.0 Å². The lowest BCUT2D eigenvalue weighted by molar-refractivity contribution is 0.281. The van der Waals surface area contributed by atoms with E-state index in [1.807, 2.05) is 18.7 Å². The van der Waals surface area contributed by atoms with E-state index in [-0.39, 0.29) is 11.4 Å². The van der Waals surface area contributed by atoms with Crippen LogP contribution in [0.15, 0.2) is 23.1 Å². The zero-order chi connectivity index (χ0) is 15.5. The number of benzene rings is 1. The maximum absolute atomic E-state index is 12.6. The van der Waals surface area contributed by atoms with Crippen molar-refractivity contribution < 1.29 is 13.5 Å². The third-order valence-corrected chi connectivity index (χ3v) is 6.94. The summed E-state index contributed by atoms with van der Waals surface area (Å²) < 4.78 is 27.9. The Labute approximate surface area is 131 Å². The minimum absolute atomic E-state index is 0.00592. The predicted octanol–water partition coefficient (Wildman–Crippen LogP) is 2.31. The first-order valence-corrected chi connectivity index (χ1v) is 9.73. The summed E-state index contributed by atoms with van der Waals surface area (Å²) in [7, 11) is -3.54. The summed E-state index contributed by atoms with van der Waals surface area (Å²) in [4.78, 5) is 0.295. The number of rotatable bonds is 6. The molecule has 1 aliphatic heterocycles. The molecule has 1 atom stereocenters. The van der Waals surface area contributed by atoms with E-state index in [0.29, 0.717) is 23.4 Å². The van der Waals surface area contributed by atoms with Crippen molar-refractivity contribution in [1.82, 2.24) is 4.72 Å². The number of hydrogen-bond donors (Lipinski definition) is 2. The summed E-state index contributed by atoms with van der Waals surface area (Å²) in [5, 5.41) is 9.22. The van der Waals surface area contributed by atoms with E-state index in [1.165, 1.54) is 0 Å². The van der Waals surface area contributed by atoms with Crippen molar-refractivity contribution in [2.75, 3.05) is 12.3 Å². The van der Waals surface area contributed by atoms with Gasteiger partial charge in [0.1, 0.15) is 0 Å². The van der Waals surface area contributed by atoms with E-state index in [9.17, 15) is 13.5 Å². The molecule has 2 rings (SSSR count). The number of sulfonamides is 1. The van der Waals surface area contributed by atoms with E-state index >= 15 is 0 Å². The molecule has 1 aromatic rings. The molecule has 0 spiro atoms. The zero-order valence-electron chi connectivity index (χ0n) is 12.6. The highest BCUT2D eigenvalue weighted by atomic mass is 32.2. The molecule has 6 heteroatoms. The van der Waals surface area contributed by atoms with Gasteiger partial charge in [0.25, 0.3) is 0 Å². The third kappa shape index (κ3) is 4.00. The average Bonchev–Trinajstić information content (AvgIpc) is 2.92. The number of aliphatic hydroxyl groups excluding tert-OH is 1. The molecule has 1 fully saturated rings. The molecule has 0 radical (unpaired) electrons. The summed E-state index contributed by atoms with van der Waals surface area (Å²) >= 11 is 1.83. The smallest absolute Gasteiger partial charge is 0.240 e. The summed E-state index contributed by atoms with van der Waals surface area (Å²) in [6, 6.07) is 5.13. The lowest BCUT2D eigenvalue weighted by Gasteiger charge is -2.23. The van der Waals surface area contributed by atoms with Crippen molar-refractivity contribution in [3.63, 3.8) is 0 Å². The lowest BCUT2D eigenvalue weighted by atomic mass is 10.1. The van der Waals surface area contributed by atoms with Crippen LogP contribution in [0, 0.1) is 0 Å². The van der Waals surface area contributed by atoms with Crippen molar-refractivity contribution in [1.29, 1.82) is 0 Å². The molecule has 2 N–H and O–H groups in total. The molecule has 0 amide bonds. The molecule has 0 aromatic heterocycles. The first-order chi connectivity index (χ1) is 9.90. The zero-order valence-corrected chi connectivity index (χ0v) is 14.2. The summed E-state index contributed by atoms with van der Waals surface area (Å²) in [6.45, 7) is 4.34. The van der Waals surface area contributed by atoms with Crippen molar-refractivity contribution in [3.8, 4) is 0 Å². The van der Waals surface area contributed by atoms with Crippen LogP contribution in [0.5, 0.6) is 0 Å². The van der Waals surface area contributed by atoms with E-state index < -0.39 is 10.0 Å². The Morgan fingerprint density at radius 3 is 2.76 bits per heavy atom. The van der Waals surface area contributed by atoms with Crippen LogP contribution in [0.25, 0.3) is 0 Å². The van der Waals surface area contributed by atoms with E-state index in [1.54, 1.807) is 18.2 Å². The molecule has 1 aliphatic rings. The van der Waals surface area contributed by atoms with Crippen LogP contribution < -0.4 is 4.72 Å². The van der Waals surface area contributed by atoms with Gasteiger partial charge < -0.3 is 5.11 Å². The molecule has 0 saturated carbocycles. The van der Waals surface area contributed by atoms with Crippen LogP contribution in [0.2, 0.25) is 0 Å². The molecular weight excluding hydrogens is 306 g/mol. The maximum Gasteiger partial charge on any atom is 0.240 e. The standard InChI is InChI=1S/C15H23NO3S2/c1-3-13-6-5-12(10-17)9-14(13)21(18,19)16-11-15(2)7-4-8-20-15/h5-6,9,16-17H,3-4,7-8,10-11H2,1-2H3. The molecular formula is C15H23NO3S2. The normalized spacial score (nSPS) is 22.6. The van der Waals surface area contributed by atoms with Gasteiger partial charge in [-0.3, -0.25) is 0 Å². The Balaban J connectivity index is 2.22. The Kier molecular flexibility index (Phi) is 5.35. The average molecular weight is 329 g/mol. The molecule has 4 nitrogen and oxygen atoms in total. The van der Waals surface area contributed by atoms with Crippen LogP contribution in [-0.4, -0.2) is 30.6 Å². The quantitative estimate of drug-likeness (QED) is 0.840. The Bertz CT molecular complexity index is 593. The van der Waals surface area contributed by atoms with Gasteiger partial charge in [0.05, 0.1) is 11.5 Å². The largest absolute Gasteiger partial charge is 0.392 e. The van der Waals surface area contributed by atoms with Gasteiger partial charge in [-0.15, -0.1) is 0 Å². The van der Waals surface area contributed by atoms with Crippen molar-refractivity contribution >= 4 is 21.8 Å². The van der Waals surface area contributed by atoms with Gasteiger partial charge in [-0.2, -0.15) is 11.8 Å². The number of thioether (sulfide) groups is 1. The van der Waals surface area contributed by atoms with Gasteiger partial charge in [0, 0.05) is 11.3 Å². The number of hydrogen-bond acceptors (Lipinski definition) is 4. The van der Waals surface area contributed by atoms with Gasteiger partial charge >= 0.3 is 0 Å². The molecule has 1 saturated heterocycles. The van der Waals surface area contributed by atoms with Crippen LogP contribution in [0.1, 0.15) is 37.8 Å². The van der Waals surface area contributed by atoms with Crippen molar-refractivity contribution in [2.24, 2.45) is 0 Å². The van der Waals surface area contributed by atoms with E-state index in [4.69, 9.17) is 0 Å². The fraction of sp³-hybridized carbons (Fsp3) is 0.600. The van der Waals surface area contributed by atoms with E-state index in [2.05, 4.69) is 11.6 Å². The molecule has 1 heterocycles. The minimum Gasteiger partial charge on any atom is -0.392 e. The van der Waals surface area contributed by atoms with Crippen molar-refractivity contribution in [3.05, 3.63) is 29.3 Å². The second-order valence-corrected chi connectivity index (χ2v) is 9.10. The van der Waals surface area contributed by atoms with Gasteiger partial charge in [0.15, 0.2) is 0 Å². The monoisotopic (exact) mass is 329 g/mol. The fourth-order valence-corrected chi connectivity index (χ4v) is 5.41. The van der Waals surface area contributed by atoms with E-state index in [0.717, 1.165) is 24.2 Å². The molecule has 118 valence electrons. The number of nitrogens with one attached hydrogen (secondary N) is 1. The van der Waals surface area contributed by atoms with Crippen molar-refractivity contribution in [2.45, 2.75) is 49.4 Å². The second kappa shape index (κ2) is 6.69. The molecule has 0 aliphatic carbocycles. The Morgan fingerprint density at radius 1 is 1.43 bits per heavy atom. The fourth-order valence-electron chi connectivity index (χ4n) is 2.54. The second-order valence-electron chi connectivity index (χ2n) is 5.68. The SMILES string of the molecule is CCc1ccc(CO)cc1S(=O)(=O)NCC1(C)CCCS1. The van der Waals surface area contributed by atoms with Crippen LogP contribution in [-0.2, 0) is 23.1 Å². The molecule has 1 aromatic carbocycles. The highest BCUT2D eigenvalue weighted by Gasteiger charge is 2.31. The Morgan fingerprint density at radius 2 is 2.19 bits per heavy atom. The Hall–Kier alpha value is -0.560. The first kappa shape index (κ1) is 16.8. The lowest BCUT2D eigenvalue weighted by Crippen LogP contribution is -2.37. The maximum atomic E-state index is 12.6. The summed E-state index contributed by atoms with van der Waals surface area (Å²) in [5.74, 6) is 1.10. The summed E-state index contributed by atoms with van der Waals surface area (Å²) in [6.07, 6.45) is 2.83. The van der Waals surface area contributed by atoms with Gasteiger partial charge in [-0.25, -0.2) is 13.1 Å². The number of aliphatic hydroxyl groups is 1. The van der Waals surface area contributed by atoms with Crippen LogP contribution in [0.4, 0.5) is 0 Å². The molecule has 1 unspecified atom stereocenters. The van der Waals surface area contributed by atoms with Crippen LogP contribution in [0.3, 0.4) is 0 Å². The third-order valence-electron chi connectivity index (χ3n) is 3.92. The highest BCUT2D eigenvalue weighted by Crippen LogP contribution is 2.37. The first-order valence-electron chi connectivity index (χ1n) is 7.26.